The highest BCUT2D eigenvalue weighted by molar-refractivity contribution is 9.11. The normalized spacial score (nSPS) is 17.9. The molecule has 1 saturated carbocycles. The molecule has 156 valence electrons. The topological polar surface area (TPSA) is 59.2 Å². The van der Waals surface area contributed by atoms with Gasteiger partial charge in [0.25, 0.3) is 0 Å². The van der Waals surface area contributed by atoms with Crippen LogP contribution in [-0.2, 0) is 19.5 Å². The van der Waals surface area contributed by atoms with Crippen LogP contribution >= 0.6 is 31.9 Å². The maximum atomic E-state index is 13.0. The van der Waals surface area contributed by atoms with Gasteiger partial charge in [0.15, 0.2) is 11.0 Å². The van der Waals surface area contributed by atoms with Gasteiger partial charge < -0.3 is 4.42 Å². The summed E-state index contributed by atoms with van der Waals surface area (Å²) in [5, 5.41) is 0.589. The van der Waals surface area contributed by atoms with Crippen LogP contribution in [0.3, 0.4) is 0 Å². The number of benzene rings is 1. The molecule has 5 rings (SSSR count). The fourth-order valence-electron chi connectivity index (χ4n) is 4.64. The number of aromatic nitrogens is 2. The highest BCUT2D eigenvalue weighted by Crippen LogP contribution is 2.32. The van der Waals surface area contributed by atoms with Crippen molar-refractivity contribution in [3.63, 3.8) is 0 Å². The van der Waals surface area contributed by atoms with E-state index in [0.29, 0.717) is 29.0 Å². The molecule has 0 N–H and O–H groups in total. The Hall–Kier alpha value is -1.57. The number of rotatable bonds is 3. The highest BCUT2D eigenvalue weighted by atomic mass is 79.9. The fourth-order valence-corrected chi connectivity index (χ4v) is 5.96. The van der Waals surface area contributed by atoms with Crippen LogP contribution in [0.15, 0.2) is 42.7 Å². The average Bonchev–Trinajstić information content (AvgIpc) is 2.76. The number of hydrogen-bond donors (Lipinski definition) is 0. The van der Waals surface area contributed by atoms with E-state index in [1.807, 2.05) is 18.3 Å². The molecule has 0 spiro atoms. The average molecular weight is 533 g/mol. The van der Waals surface area contributed by atoms with Crippen molar-refractivity contribution < 1.29 is 4.42 Å². The summed E-state index contributed by atoms with van der Waals surface area (Å²) in [5.41, 5.74) is 3.64. The zero-order valence-electron chi connectivity index (χ0n) is 16.7. The van der Waals surface area contributed by atoms with E-state index in [4.69, 9.17) is 14.4 Å². The van der Waals surface area contributed by atoms with Crippen LogP contribution in [0.25, 0.3) is 11.0 Å². The van der Waals surface area contributed by atoms with Gasteiger partial charge in [-0.25, -0.2) is 9.97 Å². The Labute approximate surface area is 192 Å². The van der Waals surface area contributed by atoms with Gasteiger partial charge in [0, 0.05) is 59.5 Å². The Bertz CT molecular complexity index is 1160. The zero-order valence-corrected chi connectivity index (χ0v) is 19.8. The van der Waals surface area contributed by atoms with Crippen molar-refractivity contribution in [2.75, 3.05) is 6.54 Å². The van der Waals surface area contributed by atoms with E-state index in [9.17, 15) is 4.79 Å². The van der Waals surface area contributed by atoms with E-state index in [1.54, 1.807) is 6.26 Å². The minimum Gasteiger partial charge on any atom is -0.463 e. The summed E-state index contributed by atoms with van der Waals surface area (Å²) in [7, 11) is 0. The molecule has 30 heavy (non-hydrogen) atoms. The van der Waals surface area contributed by atoms with Crippen LogP contribution in [0.5, 0.6) is 0 Å². The minimum atomic E-state index is 0.0212. The lowest BCUT2D eigenvalue weighted by atomic mass is 9.88. The van der Waals surface area contributed by atoms with Crippen molar-refractivity contribution in [1.29, 1.82) is 0 Å². The lowest BCUT2D eigenvalue weighted by Gasteiger charge is -2.28. The Balaban J connectivity index is 1.35. The molecule has 3 aromatic rings. The second-order valence-corrected chi connectivity index (χ2v) is 10.1. The monoisotopic (exact) mass is 531 g/mol. The molecular weight excluding hydrogens is 510 g/mol. The molecule has 1 aliphatic heterocycles. The first-order chi connectivity index (χ1) is 14.6. The third-order valence-electron chi connectivity index (χ3n) is 6.26. The van der Waals surface area contributed by atoms with Crippen LogP contribution in [0.1, 0.15) is 60.7 Å². The Morgan fingerprint density at radius 1 is 1.17 bits per heavy atom. The third-order valence-corrected chi connectivity index (χ3v) is 7.31. The molecule has 5 nitrogen and oxygen atoms in total. The van der Waals surface area contributed by atoms with E-state index in [1.165, 1.54) is 43.4 Å². The van der Waals surface area contributed by atoms with Crippen LogP contribution in [0, 0.1) is 0 Å². The number of halogens is 2. The molecular formula is C23H23Br2N3O2. The Kier molecular flexibility index (Phi) is 5.77. The molecule has 2 aromatic heterocycles. The van der Waals surface area contributed by atoms with Gasteiger partial charge in [-0.15, -0.1) is 0 Å². The van der Waals surface area contributed by atoms with Crippen LogP contribution in [0.4, 0.5) is 0 Å². The number of nitrogens with zero attached hydrogens (tertiary/aromatic N) is 3. The van der Waals surface area contributed by atoms with E-state index in [2.05, 4.69) is 36.8 Å². The molecule has 0 radical (unpaired) electrons. The van der Waals surface area contributed by atoms with Crippen molar-refractivity contribution in [3.8, 4) is 0 Å². The number of hydrogen-bond acceptors (Lipinski definition) is 5. The Morgan fingerprint density at radius 2 is 2.00 bits per heavy atom. The molecule has 0 saturated heterocycles. The molecule has 1 aliphatic carbocycles. The molecule has 0 unspecified atom stereocenters. The van der Waals surface area contributed by atoms with Crippen molar-refractivity contribution in [3.05, 3.63) is 66.4 Å². The lowest BCUT2D eigenvalue weighted by molar-refractivity contribution is 0.240. The molecule has 0 amide bonds. The summed E-state index contributed by atoms with van der Waals surface area (Å²) in [6, 6.07) is 3.70. The third kappa shape index (κ3) is 3.99. The van der Waals surface area contributed by atoms with Gasteiger partial charge in [0.1, 0.15) is 5.82 Å². The van der Waals surface area contributed by atoms with Crippen LogP contribution in [0.2, 0.25) is 0 Å². The van der Waals surface area contributed by atoms with Crippen molar-refractivity contribution in [2.24, 2.45) is 0 Å². The Morgan fingerprint density at radius 3 is 2.83 bits per heavy atom. The smallest absolute Gasteiger partial charge is 0.197 e. The summed E-state index contributed by atoms with van der Waals surface area (Å²) in [5.74, 6) is 1.57. The molecule has 0 bridgehead atoms. The largest absolute Gasteiger partial charge is 0.463 e. The van der Waals surface area contributed by atoms with Gasteiger partial charge >= 0.3 is 0 Å². The summed E-state index contributed by atoms with van der Waals surface area (Å²) < 4.78 is 7.41. The summed E-state index contributed by atoms with van der Waals surface area (Å²) in [4.78, 5) is 24.9. The predicted molar refractivity (Wildman–Crippen MR) is 124 cm³/mol. The van der Waals surface area contributed by atoms with E-state index in [-0.39, 0.29) is 5.43 Å². The zero-order chi connectivity index (χ0) is 20.7. The van der Waals surface area contributed by atoms with E-state index in [0.717, 1.165) is 34.3 Å². The lowest BCUT2D eigenvalue weighted by Crippen LogP contribution is -2.32. The van der Waals surface area contributed by atoms with E-state index >= 15 is 0 Å². The quantitative estimate of drug-likeness (QED) is 0.432. The second-order valence-electron chi connectivity index (χ2n) is 8.35. The fraction of sp³-hybridized carbons (Fsp3) is 0.435. The minimum absolute atomic E-state index is 0.0212. The van der Waals surface area contributed by atoms with Crippen LogP contribution in [-0.4, -0.2) is 21.4 Å². The van der Waals surface area contributed by atoms with Gasteiger partial charge in [-0.3, -0.25) is 9.69 Å². The molecule has 7 heteroatoms. The molecule has 0 atom stereocenters. The number of fused-ring (bicyclic) bond motifs is 2. The first kappa shape index (κ1) is 20.3. The van der Waals surface area contributed by atoms with E-state index < -0.39 is 0 Å². The van der Waals surface area contributed by atoms with Gasteiger partial charge in [0.05, 0.1) is 16.1 Å². The standard InChI is InChI=1S/C23H23Br2N3O2/c24-17-8-18-21(29)16(13-30-22(18)19(25)9-17)12-28-7-6-20-15(11-28)10-26-23(27-20)14-4-2-1-3-5-14/h8-10,13-14H,1-7,11-12H2. The molecule has 1 aromatic carbocycles. The second kappa shape index (κ2) is 8.52. The van der Waals surface area contributed by atoms with Gasteiger partial charge in [-0.2, -0.15) is 0 Å². The van der Waals surface area contributed by atoms with Crippen LogP contribution < -0.4 is 5.43 Å². The first-order valence-electron chi connectivity index (χ1n) is 10.5. The van der Waals surface area contributed by atoms with Crippen molar-refractivity contribution in [1.82, 2.24) is 14.9 Å². The molecule has 3 heterocycles. The van der Waals surface area contributed by atoms with Gasteiger partial charge in [0.2, 0.25) is 0 Å². The predicted octanol–water partition coefficient (Wildman–Crippen LogP) is 5.71. The van der Waals surface area contributed by atoms with Gasteiger partial charge in [-0.1, -0.05) is 35.2 Å². The SMILES string of the molecule is O=c1c(CN2CCc3nc(C4CCCCC4)ncc3C2)coc2c(Br)cc(Br)cc12. The van der Waals surface area contributed by atoms with Crippen molar-refractivity contribution >= 4 is 42.8 Å². The van der Waals surface area contributed by atoms with Crippen molar-refractivity contribution in [2.45, 2.75) is 57.5 Å². The maximum absolute atomic E-state index is 13.0. The highest BCUT2D eigenvalue weighted by Gasteiger charge is 2.23. The summed E-state index contributed by atoms with van der Waals surface area (Å²) in [6.45, 7) is 2.21. The molecule has 2 aliphatic rings. The summed E-state index contributed by atoms with van der Waals surface area (Å²) in [6.07, 6.45) is 10.9. The molecule has 1 fully saturated rings. The summed E-state index contributed by atoms with van der Waals surface area (Å²) >= 11 is 6.93. The van der Waals surface area contributed by atoms with Gasteiger partial charge in [-0.05, 0) is 40.9 Å². The maximum Gasteiger partial charge on any atom is 0.197 e. The first-order valence-corrected chi connectivity index (χ1v) is 12.1.